The number of esters is 1. The molecule has 102 valence electrons. The fourth-order valence-corrected chi connectivity index (χ4v) is 1.54. The molecule has 0 aliphatic heterocycles. The SMILES string of the molecule is C=CCOC(=O)c1ccc(CC(NC)C(=O)O)cc1. The summed E-state index contributed by atoms with van der Waals surface area (Å²) >= 11 is 0. The lowest BCUT2D eigenvalue weighted by molar-refractivity contribution is -0.139. The van der Waals surface area contributed by atoms with Crippen LogP contribution in [0.25, 0.3) is 0 Å². The first-order valence-electron chi connectivity index (χ1n) is 5.85. The molecule has 0 saturated carbocycles. The van der Waals surface area contributed by atoms with Gasteiger partial charge >= 0.3 is 11.9 Å². The third-order valence-electron chi connectivity index (χ3n) is 2.61. The Kier molecular flexibility index (Phi) is 5.75. The first kappa shape index (κ1) is 14.9. The standard InChI is InChI=1S/C14H17NO4/c1-3-8-19-14(18)11-6-4-10(5-7-11)9-12(15-2)13(16)17/h3-7,12,15H,1,8-9H2,2H3,(H,16,17). The van der Waals surface area contributed by atoms with Gasteiger partial charge in [-0.2, -0.15) is 0 Å². The van der Waals surface area contributed by atoms with E-state index in [0.717, 1.165) is 5.56 Å². The van der Waals surface area contributed by atoms with Gasteiger partial charge in [0.1, 0.15) is 12.6 Å². The van der Waals surface area contributed by atoms with Crippen molar-refractivity contribution >= 4 is 11.9 Å². The number of nitrogens with one attached hydrogen (secondary N) is 1. The summed E-state index contributed by atoms with van der Waals surface area (Å²) in [5.74, 6) is -1.33. The Bertz CT molecular complexity index is 453. The van der Waals surface area contributed by atoms with Gasteiger partial charge in [-0.05, 0) is 31.2 Å². The molecular weight excluding hydrogens is 246 g/mol. The van der Waals surface area contributed by atoms with Crippen molar-refractivity contribution in [3.63, 3.8) is 0 Å². The zero-order chi connectivity index (χ0) is 14.3. The summed E-state index contributed by atoms with van der Waals surface area (Å²) in [4.78, 5) is 22.4. The molecule has 0 saturated heterocycles. The topological polar surface area (TPSA) is 75.6 Å². The minimum atomic E-state index is -0.906. The van der Waals surface area contributed by atoms with Gasteiger partial charge in [-0.1, -0.05) is 24.8 Å². The van der Waals surface area contributed by atoms with Crippen molar-refractivity contribution < 1.29 is 19.4 Å². The average molecular weight is 263 g/mol. The van der Waals surface area contributed by atoms with Crippen molar-refractivity contribution in [2.75, 3.05) is 13.7 Å². The molecule has 0 aromatic heterocycles. The Hall–Kier alpha value is -2.14. The summed E-state index contributed by atoms with van der Waals surface area (Å²) in [7, 11) is 1.60. The van der Waals surface area contributed by atoms with Gasteiger partial charge in [0.05, 0.1) is 5.56 Å². The Morgan fingerprint density at radius 1 is 1.42 bits per heavy atom. The Morgan fingerprint density at radius 3 is 2.53 bits per heavy atom. The van der Waals surface area contributed by atoms with Crippen molar-refractivity contribution in [3.05, 3.63) is 48.0 Å². The van der Waals surface area contributed by atoms with Crippen LogP contribution in [0.5, 0.6) is 0 Å². The first-order chi connectivity index (χ1) is 9.08. The minimum Gasteiger partial charge on any atom is -0.480 e. The van der Waals surface area contributed by atoms with Crippen LogP contribution in [0.2, 0.25) is 0 Å². The Morgan fingerprint density at radius 2 is 2.05 bits per heavy atom. The number of benzene rings is 1. The number of rotatable bonds is 7. The molecule has 1 aromatic rings. The van der Waals surface area contributed by atoms with Gasteiger partial charge in [0.15, 0.2) is 0 Å². The van der Waals surface area contributed by atoms with Gasteiger partial charge in [0.25, 0.3) is 0 Å². The third kappa shape index (κ3) is 4.56. The van der Waals surface area contributed by atoms with E-state index in [4.69, 9.17) is 9.84 Å². The lowest BCUT2D eigenvalue weighted by Crippen LogP contribution is -2.35. The van der Waals surface area contributed by atoms with E-state index in [-0.39, 0.29) is 6.61 Å². The van der Waals surface area contributed by atoms with E-state index in [9.17, 15) is 9.59 Å². The maximum absolute atomic E-state index is 11.5. The van der Waals surface area contributed by atoms with E-state index < -0.39 is 18.0 Å². The van der Waals surface area contributed by atoms with Crippen LogP contribution in [0.15, 0.2) is 36.9 Å². The van der Waals surface area contributed by atoms with Crippen molar-refractivity contribution in [3.8, 4) is 0 Å². The predicted molar refractivity (Wildman–Crippen MR) is 71.1 cm³/mol. The zero-order valence-corrected chi connectivity index (χ0v) is 10.8. The van der Waals surface area contributed by atoms with Gasteiger partial charge < -0.3 is 15.2 Å². The summed E-state index contributed by atoms with van der Waals surface area (Å²) in [5.41, 5.74) is 1.27. The molecule has 1 unspecified atom stereocenters. The maximum atomic E-state index is 11.5. The molecule has 1 aromatic carbocycles. The van der Waals surface area contributed by atoms with Crippen LogP contribution < -0.4 is 5.32 Å². The van der Waals surface area contributed by atoms with E-state index in [0.29, 0.717) is 12.0 Å². The second kappa shape index (κ2) is 7.33. The molecule has 0 amide bonds. The Labute approximate surface area is 111 Å². The number of carboxylic acid groups (broad SMARTS) is 1. The Balaban J connectivity index is 2.68. The lowest BCUT2D eigenvalue weighted by atomic mass is 10.0. The average Bonchev–Trinajstić information content (AvgIpc) is 2.42. The number of aliphatic carboxylic acids is 1. The molecule has 1 rings (SSSR count). The molecule has 0 fully saturated rings. The molecule has 1 atom stereocenters. The molecule has 0 radical (unpaired) electrons. The maximum Gasteiger partial charge on any atom is 0.338 e. The molecule has 5 heteroatoms. The van der Waals surface area contributed by atoms with Crippen LogP contribution in [0.3, 0.4) is 0 Å². The molecule has 0 spiro atoms. The molecular formula is C14H17NO4. The molecule has 19 heavy (non-hydrogen) atoms. The van der Waals surface area contributed by atoms with Crippen molar-refractivity contribution in [1.29, 1.82) is 0 Å². The van der Waals surface area contributed by atoms with Gasteiger partial charge in [-0.3, -0.25) is 4.79 Å². The van der Waals surface area contributed by atoms with Crippen LogP contribution >= 0.6 is 0 Å². The summed E-state index contributed by atoms with van der Waals surface area (Å²) in [6, 6.07) is 6.04. The van der Waals surface area contributed by atoms with E-state index in [1.54, 1.807) is 31.3 Å². The highest BCUT2D eigenvalue weighted by molar-refractivity contribution is 5.89. The van der Waals surface area contributed by atoms with Gasteiger partial charge in [-0.15, -0.1) is 0 Å². The third-order valence-corrected chi connectivity index (χ3v) is 2.61. The van der Waals surface area contributed by atoms with Crippen LogP contribution in [0, 0.1) is 0 Å². The molecule has 2 N–H and O–H groups in total. The fourth-order valence-electron chi connectivity index (χ4n) is 1.54. The van der Waals surface area contributed by atoms with Crippen molar-refractivity contribution in [2.24, 2.45) is 0 Å². The van der Waals surface area contributed by atoms with E-state index in [1.807, 2.05) is 0 Å². The monoisotopic (exact) mass is 263 g/mol. The quantitative estimate of drug-likeness (QED) is 0.572. The lowest BCUT2D eigenvalue weighted by Gasteiger charge is -2.11. The van der Waals surface area contributed by atoms with E-state index >= 15 is 0 Å². The predicted octanol–water partition coefficient (Wildman–Crippen LogP) is 1.24. The van der Waals surface area contributed by atoms with Gasteiger partial charge in [0, 0.05) is 0 Å². The van der Waals surface area contributed by atoms with Gasteiger partial charge in [0.2, 0.25) is 0 Å². The van der Waals surface area contributed by atoms with E-state index in [2.05, 4.69) is 11.9 Å². The summed E-state index contributed by atoms with van der Waals surface area (Å²) < 4.78 is 4.89. The molecule has 5 nitrogen and oxygen atoms in total. The molecule has 0 aliphatic rings. The number of hydrogen-bond donors (Lipinski definition) is 2. The number of carbonyl (C=O) groups is 2. The highest BCUT2D eigenvalue weighted by atomic mass is 16.5. The minimum absolute atomic E-state index is 0.168. The number of carboxylic acids is 1. The van der Waals surface area contributed by atoms with E-state index in [1.165, 1.54) is 6.08 Å². The van der Waals surface area contributed by atoms with Crippen LogP contribution in [0.4, 0.5) is 0 Å². The summed E-state index contributed by atoms with van der Waals surface area (Å²) in [5, 5.41) is 11.6. The van der Waals surface area contributed by atoms with Crippen LogP contribution in [-0.4, -0.2) is 36.7 Å². The molecule has 0 aliphatic carbocycles. The number of likely N-dealkylation sites (N-methyl/N-ethyl adjacent to an activating group) is 1. The van der Waals surface area contributed by atoms with Gasteiger partial charge in [-0.25, -0.2) is 4.79 Å². The van der Waals surface area contributed by atoms with Crippen LogP contribution in [0.1, 0.15) is 15.9 Å². The zero-order valence-electron chi connectivity index (χ0n) is 10.8. The summed E-state index contributed by atoms with van der Waals surface area (Å²) in [6.07, 6.45) is 1.85. The second-order valence-corrected chi connectivity index (χ2v) is 3.97. The number of hydrogen-bond acceptors (Lipinski definition) is 4. The van der Waals surface area contributed by atoms with Crippen molar-refractivity contribution in [1.82, 2.24) is 5.32 Å². The molecule has 0 heterocycles. The second-order valence-electron chi connectivity index (χ2n) is 3.97. The normalized spacial score (nSPS) is 11.6. The fraction of sp³-hybridized carbons (Fsp3) is 0.286. The number of carbonyl (C=O) groups excluding carboxylic acids is 1. The highest BCUT2D eigenvalue weighted by Crippen LogP contribution is 2.08. The molecule has 0 bridgehead atoms. The first-order valence-corrected chi connectivity index (χ1v) is 5.85. The summed E-state index contributed by atoms with van der Waals surface area (Å²) in [6.45, 7) is 3.63. The highest BCUT2D eigenvalue weighted by Gasteiger charge is 2.15. The van der Waals surface area contributed by atoms with Crippen LogP contribution in [-0.2, 0) is 16.0 Å². The largest absolute Gasteiger partial charge is 0.480 e. The van der Waals surface area contributed by atoms with Crippen molar-refractivity contribution in [2.45, 2.75) is 12.5 Å². The number of ether oxygens (including phenoxy) is 1. The smallest absolute Gasteiger partial charge is 0.338 e.